The maximum Gasteiger partial charge on any atom is 0.303 e. The van der Waals surface area contributed by atoms with Crippen LogP contribution in [0.5, 0.6) is 0 Å². The molecule has 0 spiro atoms. The summed E-state index contributed by atoms with van der Waals surface area (Å²) in [5.41, 5.74) is 7.93. The van der Waals surface area contributed by atoms with Gasteiger partial charge >= 0.3 is 5.97 Å². The standard InChI is InChI=1S/C27H27N3O4/c1-17-7-4-5-8-22(17)23-12-11-19(14-21(23)16-33-3)27-29-26(30-34-27)20-13-18(2)24(28-15-20)9-6-10-25(31)32/h4-5,7-8,11-15H,6,9-10,16H2,1-3H3,(H,31,32). The fourth-order valence-electron chi connectivity index (χ4n) is 3.99. The molecule has 0 atom stereocenters. The largest absolute Gasteiger partial charge is 0.481 e. The van der Waals surface area contributed by atoms with Crippen LogP contribution in [0.3, 0.4) is 0 Å². The lowest BCUT2D eigenvalue weighted by molar-refractivity contribution is -0.137. The summed E-state index contributed by atoms with van der Waals surface area (Å²) < 4.78 is 11.0. The molecule has 4 rings (SSSR count). The first-order chi connectivity index (χ1) is 16.5. The number of aromatic nitrogens is 3. The number of hydrogen-bond donors (Lipinski definition) is 1. The second-order valence-electron chi connectivity index (χ2n) is 8.28. The molecule has 1 N–H and O–H groups in total. The van der Waals surface area contributed by atoms with E-state index in [0.717, 1.165) is 39.1 Å². The molecule has 174 valence electrons. The molecule has 0 amide bonds. The molecule has 0 aliphatic rings. The molecule has 2 aromatic carbocycles. The number of aryl methyl sites for hydroxylation is 3. The number of carboxylic acids is 1. The van der Waals surface area contributed by atoms with Gasteiger partial charge in [0.15, 0.2) is 0 Å². The molecule has 34 heavy (non-hydrogen) atoms. The third-order valence-electron chi connectivity index (χ3n) is 5.76. The molecule has 7 heteroatoms. The predicted molar refractivity (Wildman–Crippen MR) is 129 cm³/mol. The highest BCUT2D eigenvalue weighted by Gasteiger charge is 2.15. The van der Waals surface area contributed by atoms with E-state index in [2.05, 4.69) is 40.2 Å². The Morgan fingerprint density at radius 3 is 2.59 bits per heavy atom. The first-order valence-electron chi connectivity index (χ1n) is 11.2. The zero-order chi connectivity index (χ0) is 24.1. The Bertz CT molecular complexity index is 1310. The fourth-order valence-corrected chi connectivity index (χ4v) is 3.99. The maximum absolute atomic E-state index is 10.7. The van der Waals surface area contributed by atoms with Crippen LogP contribution in [0.1, 0.15) is 35.2 Å². The van der Waals surface area contributed by atoms with Gasteiger partial charge < -0.3 is 14.4 Å². The van der Waals surface area contributed by atoms with E-state index in [-0.39, 0.29) is 6.42 Å². The molecule has 0 unspecified atom stereocenters. The molecule has 4 aromatic rings. The Kier molecular flexibility index (Phi) is 7.13. The average molecular weight is 458 g/mol. The molecular weight excluding hydrogens is 430 g/mol. The molecule has 0 aliphatic carbocycles. The van der Waals surface area contributed by atoms with Crippen LogP contribution in [-0.4, -0.2) is 33.3 Å². The first-order valence-corrected chi connectivity index (χ1v) is 11.2. The first kappa shape index (κ1) is 23.3. The second kappa shape index (κ2) is 10.4. The topological polar surface area (TPSA) is 98.3 Å². The zero-order valence-corrected chi connectivity index (χ0v) is 19.5. The minimum absolute atomic E-state index is 0.130. The van der Waals surface area contributed by atoms with Crippen LogP contribution in [-0.2, 0) is 22.6 Å². The minimum Gasteiger partial charge on any atom is -0.481 e. The lowest BCUT2D eigenvalue weighted by Crippen LogP contribution is -1.99. The number of nitrogens with zero attached hydrogens (tertiary/aromatic N) is 3. The molecule has 0 saturated carbocycles. The van der Waals surface area contributed by atoms with Crippen molar-refractivity contribution in [3.05, 3.63) is 77.1 Å². The molecule has 2 aromatic heterocycles. The van der Waals surface area contributed by atoms with E-state index in [9.17, 15) is 4.79 Å². The van der Waals surface area contributed by atoms with Gasteiger partial charge in [-0.05, 0) is 72.7 Å². The number of aliphatic carboxylic acids is 1. The van der Waals surface area contributed by atoms with E-state index >= 15 is 0 Å². The minimum atomic E-state index is -0.797. The molecule has 0 saturated heterocycles. The van der Waals surface area contributed by atoms with Gasteiger partial charge in [-0.1, -0.05) is 35.5 Å². The van der Waals surface area contributed by atoms with Gasteiger partial charge in [-0.3, -0.25) is 9.78 Å². The Balaban J connectivity index is 1.59. The van der Waals surface area contributed by atoms with Gasteiger partial charge in [0.1, 0.15) is 0 Å². The summed E-state index contributed by atoms with van der Waals surface area (Å²) in [4.78, 5) is 19.8. The lowest BCUT2D eigenvalue weighted by Gasteiger charge is -2.12. The predicted octanol–water partition coefficient (Wildman–Crippen LogP) is 5.64. The van der Waals surface area contributed by atoms with Crippen molar-refractivity contribution < 1.29 is 19.2 Å². The van der Waals surface area contributed by atoms with Crippen molar-refractivity contribution in [2.24, 2.45) is 0 Å². The number of pyridine rings is 1. The van der Waals surface area contributed by atoms with E-state index in [1.165, 1.54) is 5.56 Å². The average Bonchev–Trinajstić information content (AvgIpc) is 3.31. The Morgan fingerprint density at radius 2 is 1.85 bits per heavy atom. The summed E-state index contributed by atoms with van der Waals surface area (Å²) in [7, 11) is 1.68. The smallest absolute Gasteiger partial charge is 0.303 e. The van der Waals surface area contributed by atoms with Crippen molar-refractivity contribution in [3.63, 3.8) is 0 Å². The summed E-state index contributed by atoms with van der Waals surface area (Å²) in [6.07, 6.45) is 3.00. The van der Waals surface area contributed by atoms with Gasteiger partial charge in [0.05, 0.1) is 6.61 Å². The summed E-state index contributed by atoms with van der Waals surface area (Å²) >= 11 is 0. The van der Waals surface area contributed by atoms with Gasteiger partial charge in [0.2, 0.25) is 5.82 Å². The monoisotopic (exact) mass is 457 g/mol. The molecule has 7 nitrogen and oxygen atoms in total. The summed E-state index contributed by atoms with van der Waals surface area (Å²) in [6, 6.07) is 16.3. The summed E-state index contributed by atoms with van der Waals surface area (Å²) in [5, 5.41) is 13.0. The molecule has 0 bridgehead atoms. The quantitative estimate of drug-likeness (QED) is 0.347. The number of hydrogen-bond acceptors (Lipinski definition) is 6. The normalized spacial score (nSPS) is 11.0. The molecular formula is C27H27N3O4. The highest BCUT2D eigenvalue weighted by Crippen LogP contribution is 2.31. The molecule has 0 radical (unpaired) electrons. The highest BCUT2D eigenvalue weighted by molar-refractivity contribution is 5.74. The fraction of sp³-hybridized carbons (Fsp3) is 0.259. The van der Waals surface area contributed by atoms with Crippen LogP contribution >= 0.6 is 0 Å². The van der Waals surface area contributed by atoms with Gasteiger partial charge in [0.25, 0.3) is 5.89 Å². The number of rotatable bonds is 9. The number of carboxylic acid groups (broad SMARTS) is 1. The molecule has 0 aliphatic heterocycles. The summed E-state index contributed by atoms with van der Waals surface area (Å²) in [5.74, 6) is 0.0834. The Labute approximate surface area is 198 Å². The van der Waals surface area contributed by atoms with E-state index in [1.54, 1.807) is 13.3 Å². The van der Waals surface area contributed by atoms with Crippen molar-refractivity contribution in [1.29, 1.82) is 0 Å². The number of methoxy groups -OCH3 is 1. The number of benzene rings is 2. The van der Waals surface area contributed by atoms with Crippen LogP contribution in [0, 0.1) is 13.8 Å². The van der Waals surface area contributed by atoms with Crippen LogP contribution < -0.4 is 0 Å². The lowest BCUT2D eigenvalue weighted by atomic mass is 9.94. The SMILES string of the molecule is COCc1cc(-c2nc(-c3cnc(CCCC(=O)O)c(C)c3)no2)ccc1-c1ccccc1C. The van der Waals surface area contributed by atoms with E-state index in [1.807, 2.05) is 37.3 Å². The van der Waals surface area contributed by atoms with E-state index < -0.39 is 5.97 Å². The maximum atomic E-state index is 10.7. The molecule has 0 fully saturated rings. The van der Waals surface area contributed by atoms with Crippen LogP contribution in [0.25, 0.3) is 34.0 Å². The van der Waals surface area contributed by atoms with Crippen LogP contribution in [0.4, 0.5) is 0 Å². The van der Waals surface area contributed by atoms with Crippen molar-refractivity contribution in [2.45, 2.75) is 39.7 Å². The van der Waals surface area contributed by atoms with E-state index in [4.69, 9.17) is 14.4 Å². The van der Waals surface area contributed by atoms with Gasteiger partial charge in [-0.15, -0.1) is 0 Å². The van der Waals surface area contributed by atoms with Crippen LogP contribution in [0.2, 0.25) is 0 Å². The van der Waals surface area contributed by atoms with Gasteiger partial charge in [-0.25, -0.2) is 0 Å². The highest BCUT2D eigenvalue weighted by atomic mass is 16.5. The number of carbonyl (C=O) groups is 1. The van der Waals surface area contributed by atoms with Crippen molar-refractivity contribution >= 4 is 5.97 Å². The van der Waals surface area contributed by atoms with E-state index in [0.29, 0.717) is 31.2 Å². The van der Waals surface area contributed by atoms with Gasteiger partial charge in [-0.2, -0.15) is 4.98 Å². The van der Waals surface area contributed by atoms with Crippen molar-refractivity contribution in [3.8, 4) is 34.0 Å². The van der Waals surface area contributed by atoms with Crippen molar-refractivity contribution in [2.75, 3.05) is 7.11 Å². The second-order valence-corrected chi connectivity index (χ2v) is 8.28. The molecule has 2 heterocycles. The van der Waals surface area contributed by atoms with Crippen LogP contribution in [0.15, 0.2) is 59.3 Å². The third-order valence-corrected chi connectivity index (χ3v) is 5.76. The third kappa shape index (κ3) is 5.21. The zero-order valence-electron chi connectivity index (χ0n) is 19.5. The Hall–Kier alpha value is -3.84. The van der Waals surface area contributed by atoms with Crippen molar-refractivity contribution in [1.82, 2.24) is 15.1 Å². The number of ether oxygens (including phenoxy) is 1. The summed E-state index contributed by atoms with van der Waals surface area (Å²) in [6.45, 7) is 4.51. The Morgan fingerprint density at radius 1 is 1.03 bits per heavy atom. The van der Waals surface area contributed by atoms with Gasteiger partial charge in [0, 0.05) is 36.5 Å².